The second-order valence-electron chi connectivity index (χ2n) is 22.3. The summed E-state index contributed by atoms with van der Waals surface area (Å²) in [7, 11) is 0. The van der Waals surface area contributed by atoms with Gasteiger partial charge < -0.3 is 101 Å². The van der Waals surface area contributed by atoms with Crippen molar-refractivity contribution in [3.63, 3.8) is 0 Å². The van der Waals surface area contributed by atoms with Crippen LogP contribution in [0.25, 0.3) is 0 Å². The zero-order valence-electron chi connectivity index (χ0n) is 49.7. The minimum absolute atomic E-state index is 0. The van der Waals surface area contributed by atoms with Crippen LogP contribution in [0.3, 0.4) is 0 Å². The Morgan fingerprint density at radius 3 is 0.871 bits per heavy atom. The van der Waals surface area contributed by atoms with E-state index in [1.54, 1.807) is 11.1 Å². The predicted molar refractivity (Wildman–Crippen MR) is 312 cm³/mol. The molecule has 0 spiro atoms. The van der Waals surface area contributed by atoms with Gasteiger partial charge in [0.1, 0.15) is 0 Å². The summed E-state index contributed by atoms with van der Waals surface area (Å²) in [4.78, 5) is 84.5. The van der Waals surface area contributed by atoms with E-state index < -0.39 is 83.3 Å². The van der Waals surface area contributed by atoms with Gasteiger partial charge in [0.25, 0.3) is 0 Å². The zero-order valence-corrected chi connectivity index (χ0v) is 55.4. The van der Waals surface area contributed by atoms with Gasteiger partial charge in [-0.15, -0.1) is 0 Å². The number of allylic oxidation sites excluding steroid dienone is 8. The van der Waals surface area contributed by atoms with E-state index in [2.05, 4.69) is 114 Å². The van der Waals surface area contributed by atoms with Crippen LogP contribution in [0.2, 0.25) is 0 Å². The molecule has 5 saturated heterocycles. The zero-order chi connectivity index (χ0) is 59.8. The van der Waals surface area contributed by atoms with Gasteiger partial charge in [-0.25, -0.2) is 0 Å². The Hall–Kier alpha value is -5.59. The first kappa shape index (κ1) is 68.5. The number of hydrogen-bond donors (Lipinski definition) is 5. The molecule has 0 aromatic carbocycles. The predicted octanol–water partition coefficient (Wildman–Crippen LogP) is -3.70. The van der Waals surface area contributed by atoms with Gasteiger partial charge in [-0.1, -0.05) is 0 Å². The SMILES string of the molecule is CCCCC1=[C]([Zr+2][C]2=C(CCCC)C=CC2)CC=C1.O=C([O-])C1CCN2CCCN=C2N1.O=C([O-])C1CCN2CCCN=C2N1.O=C([O-])C1CCN2CCCN=C2N1.O=C([O-])C1CCN2CCCN=C2N1.O=C([O-])C1CCN2CCCN=C2N1.[In+3]. The number of carboxylic acids is 5. The van der Waals surface area contributed by atoms with Crippen molar-refractivity contribution in [1.82, 2.24) is 51.1 Å². The smallest absolute Gasteiger partial charge is 0.548 e. The van der Waals surface area contributed by atoms with E-state index in [1.807, 2.05) is 6.56 Å². The number of aliphatic imine (C=N–C) groups is 5. The second-order valence-corrected chi connectivity index (χ2v) is 25.9. The van der Waals surface area contributed by atoms with Crippen LogP contribution < -0.4 is 52.1 Å². The summed E-state index contributed by atoms with van der Waals surface area (Å²) in [5, 5.41) is 67.3. The van der Waals surface area contributed by atoms with Crippen LogP contribution in [0.15, 0.2) is 67.0 Å². The number of guanidine groups is 5. The molecule has 12 aliphatic rings. The van der Waals surface area contributed by atoms with Gasteiger partial charge in [-0.2, -0.15) is 0 Å². The van der Waals surface area contributed by atoms with Crippen LogP contribution in [0.4, 0.5) is 0 Å². The summed E-state index contributed by atoms with van der Waals surface area (Å²) in [6.45, 7) is 17.3. The molecule has 5 N–H and O–H groups in total. The van der Waals surface area contributed by atoms with E-state index in [0.29, 0.717) is 32.1 Å². The van der Waals surface area contributed by atoms with E-state index in [1.165, 1.54) is 51.4 Å². The van der Waals surface area contributed by atoms with Crippen LogP contribution in [0.5, 0.6) is 0 Å². The van der Waals surface area contributed by atoms with Crippen LogP contribution >= 0.6 is 0 Å². The first-order valence-corrected chi connectivity index (χ1v) is 33.0. The number of nitrogens with one attached hydrogen (secondary N) is 5. The summed E-state index contributed by atoms with van der Waals surface area (Å²) in [6.07, 6.45) is 28.5. The first-order valence-electron chi connectivity index (χ1n) is 30.6. The Morgan fingerprint density at radius 2 is 0.659 bits per heavy atom. The third-order valence-corrected chi connectivity index (χ3v) is 20.1. The van der Waals surface area contributed by atoms with E-state index in [9.17, 15) is 49.5 Å². The fourth-order valence-corrected chi connectivity index (χ4v) is 15.0. The number of carboxylic acid groups (broad SMARTS) is 5. The van der Waals surface area contributed by atoms with Crippen molar-refractivity contribution >= 4 is 85.5 Å². The maximum atomic E-state index is 10.6. The molecule has 10 heterocycles. The molecule has 0 aromatic heterocycles. The molecule has 5 unspecified atom stereocenters. The molecular formula is C58H86InN15O10Zr. The van der Waals surface area contributed by atoms with E-state index in [4.69, 9.17) is 0 Å². The van der Waals surface area contributed by atoms with Crippen molar-refractivity contribution in [3.05, 3.63) is 42.0 Å². The molecule has 460 valence electrons. The van der Waals surface area contributed by atoms with Gasteiger partial charge in [0.15, 0.2) is 29.8 Å². The fraction of sp³-hybridized carbons (Fsp3) is 0.690. The Labute approximate surface area is 530 Å². The molecule has 5 atom stereocenters. The maximum absolute atomic E-state index is 10.6. The average molecular weight is 1360 g/mol. The molecule has 0 saturated carbocycles. The van der Waals surface area contributed by atoms with Gasteiger partial charge in [-0.3, -0.25) is 25.0 Å². The number of hydrogen-bond acceptors (Lipinski definition) is 25. The van der Waals surface area contributed by atoms with Gasteiger partial charge in [-0.05, 0) is 64.2 Å². The van der Waals surface area contributed by atoms with E-state index in [-0.39, 0.29) is 25.8 Å². The Kier molecular flexibility index (Phi) is 28.9. The minimum Gasteiger partial charge on any atom is -0.548 e. The largest absolute Gasteiger partial charge is 3.00 e. The molecular weight excluding hydrogens is 1270 g/mol. The van der Waals surface area contributed by atoms with E-state index >= 15 is 0 Å². The summed E-state index contributed by atoms with van der Waals surface area (Å²) in [6, 6.07) is -2.81. The summed E-state index contributed by atoms with van der Waals surface area (Å²) in [5.41, 5.74) is 3.42. The number of unbranched alkanes of at least 4 members (excludes halogenated alkanes) is 2. The quantitative estimate of drug-likeness (QED) is 0.118. The molecule has 12 rings (SSSR count). The normalized spacial score (nSPS) is 24.8. The van der Waals surface area contributed by atoms with Crippen molar-refractivity contribution in [2.24, 2.45) is 25.0 Å². The Morgan fingerprint density at radius 1 is 0.424 bits per heavy atom. The van der Waals surface area contributed by atoms with Gasteiger partial charge in [0.05, 0.1) is 60.1 Å². The van der Waals surface area contributed by atoms with Crippen LogP contribution in [-0.4, -0.2) is 238 Å². The Balaban J connectivity index is 0.000000164. The molecule has 2 aliphatic carbocycles. The van der Waals surface area contributed by atoms with Crippen LogP contribution in [0.1, 0.15) is 129 Å². The molecule has 85 heavy (non-hydrogen) atoms. The third-order valence-electron chi connectivity index (χ3n) is 16.1. The third kappa shape index (κ3) is 21.4. The molecule has 0 bridgehead atoms. The molecule has 25 nitrogen and oxygen atoms in total. The summed E-state index contributed by atoms with van der Waals surface area (Å²) >= 11 is -0.463. The molecule has 27 heteroatoms. The standard InChI is InChI=1S/2C9H13.5C8H13N3O2.In.Zr/c2*1-2-3-6-9-7-4-5-8-9;5*12-7(13)6-2-5-11-4-1-3-9-8(11)10-6;;/h2*4,7H,2-3,5-6H2,1H3;5*6H,1-5H2,(H,9,10)(H,12,13);;/q;;;;;;;+3;+2/p-5. The molecule has 10 aliphatic heterocycles. The van der Waals surface area contributed by atoms with Crippen LogP contribution in [0, 0.1) is 0 Å². The molecule has 5 fully saturated rings. The topological polar surface area (TPSA) is 339 Å². The number of fused-ring (bicyclic) bond motifs is 5. The summed E-state index contributed by atoms with van der Waals surface area (Å²) in [5.74, 6) is -1.53. The average Bonchev–Trinajstić information content (AvgIpc) is 4.22. The number of nitrogens with zero attached hydrogens (tertiary/aromatic N) is 10. The minimum atomic E-state index is -1.03. The van der Waals surface area contributed by atoms with Crippen molar-refractivity contribution in [3.8, 4) is 0 Å². The Bertz CT molecular complexity index is 2230. The van der Waals surface area contributed by atoms with Gasteiger partial charge in [0, 0.05) is 98.2 Å². The number of carbonyl (C=O) groups excluding carboxylic acids is 5. The summed E-state index contributed by atoms with van der Waals surface area (Å²) < 4.78 is 3.73. The van der Waals surface area contributed by atoms with Crippen LogP contribution in [-0.2, 0) is 47.2 Å². The van der Waals surface area contributed by atoms with Crippen molar-refractivity contribution < 1.29 is 72.7 Å². The number of carbonyl (C=O) groups is 5. The number of rotatable bonds is 13. The molecule has 0 radical (unpaired) electrons. The van der Waals surface area contributed by atoms with Crippen molar-refractivity contribution in [2.45, 2.75) is 160 Å². The fourth-order valence-electron chi connectivity index (χ4n) is 11.2. The second kappa shape index (κ2) is 35.9. The van der Waals surface area contributed by atoms with Crippen molar-refractivity contribution in [2.75, 3.05) is 98.2 Å². The number of aliphatic carboxylic acids is 5. The molecule has 0 amide bonds. The van der Waals surface area contributed by atoms with E-state index in [0.717, 1.165) is 160 Å². The molecule has 0 aromatic rings. The first-order chi connectivity index (χ1) is 40.7. The van der Waals surface area contributed by atoms with Gasteiger partial charge in [0.2, 0.25) is 0 Å². The monoisotopic (exact) mass is 1360 g/mol. The van der Waals surface area contributed by atoms with Crippen molar-refractivity contribution in [1.29, 1.82) is 0 Å². The maximum Gasteiger partial charge on any atom is 3.00 e. The van der Waals surface area contributed by atoms with Gasteiger partial charge >= 0.3 is 156 Å².